The molecule has 0 amide bonds. The number of aliphatic carboxylic acids is 1. The first-order chi connectivity index (χ1) is 4.16. The molecule has 0 bridgehead atoms. The van der Waals surface area contributed by atoms with Gasteiger partial charge in [-0.1, -0.05) is 0 Å². The molecule has 0 aliphatic rings. The van der Waals surface area contributed by atoms with Gasteiger partial charge in [0.15, 0.2) is 0 Å². The highest BCUT2D eigenvalue weighted by atomic mass is 32.2. The standard InChI is InChI=1S/C4H8O4S/c1-8-3-9(7)2-4(5)6/h2-3H2,1H3,(H,5,6). The topological polar surface area (TPSA) is 63.6 Å². The van der Waals surface area contributed by atoms with Crippen LogP contribution in [0.5, 0.6) is 0 Å². The number of carbonyl (C=O) groups is 1. The van der Waals surface area contributed by atoms with E-state index >= 15 is 0 Å². The highest BCUT2D eigenvalue weighted by Crippen LogP contribution is 1.81. The molecule has 54 valence electrons. The molecule has 0 aromatic rings. The van der Waals surface area contributed by atoms with Gasteiger partial charge >= 0.3 is 5.97 Å². The molecule has 0 aromatic carbocycles. The average Bonchev–Trinajstić information content (AvgIpc) is 1.63. The fourth-order valence-corrected chi connectivity index (χ4v) is 0.932. The molecule has 0 rings (SSSR count). The minimum absolute atomic E-state index is 0.00764. The Balaban J connectivity index is 3.39. The maximum atomic E-state index is 10.5. The van der Waals surface area contributed by atoms with Gasteiger partial charge < -0.3 is 9.84 Å². The number of carboxylic acids is 1. The molecule has 1 unspecified atom stereocenters. The van der Waals surface area contributed by atoms with Crippen LogP contribution < -0.4 is 0 Å². The van der Waals surface area contributed by atoms with Crippen LogP contribution in [0.4, 0.5) is 0 Å². The largest absolute Gasteiger partial charge is 0.481 e. The minimum Gasteiger partial charge on any atom is -0.481 e. The SMILES string of the molecule is COCS(=O)CC(=O)O. The fourth-order valence-electron chi connectivity index (χ4n) is 0.311. The van der Waals surface area contributed by atoms with Gasteiger partial charge in [-0.15, -0.1) is 0 Å². The minimum atomic E-state index is -1.37. The number of methoxy groups -OCH3 is 1. The summed E-state index contributed by atoms with van der Waals surface area (Å²) in [5.74, 6) is -1.41. The Labute approximate surface area is 55.3 Å². The third-order valence-electron chi connectivity index (χ3n) is 0.534. The van der Waals surface area contributed by atoms with Crippen LogP contribution in [0.15, 0.2) is 0 Å². The normalized spacial score (nSPS) is 13.0. The van der Waals surface area contributed by atoms with E-state index in [2.05, 4.69) is 4.74 Å². The molecule has 9 heavy (non-hydrogen) atoms. The third-order valence-corrected chi connectivity index (χ3v) is 1.60. The Kier molecular flexibility index (Phi) is 4.25. The summed E-state index contributed by atoms with van der Waals surface area (Å²) in [6.07, 6.45) is 0. The van der Waals surface area contributed by atoms with Gasteiger partial charge in [-0.25, -0.2) is 0 Å². The molecule has 0 aliphatic heterocycles. The second-order valence-corrected chi connectivity index (χ2v) is 2.79. The first-order valence-corrected chi connectivity index (χ1v) is 3.71. The van der Waals surface area contributed by atoms with Crippen molar-refractivity contribution in [3.8, 4) is 0 Å². The summed E-state index contributed by atoms with van der Waals surface area (Å²) in [7, 11) is 0.00284. The summed E-state index contributed by atoms with van der Waals surface area (Å²) < 4.78 is 14.9. The lowest BCUT2D eigenvalue weighted by atomic mass is 10.8. The van der Waals surface area contributed by atoms with E-state index in [4.69, 9.17) is 5.11 Å². The van der Waals surface area contributed by atoms with Crippen molar-refractivity contribution >= 4 is 16.8 Å². The number of carboxylic acid groups (broad SMARTS) is 1. The highest BCUT2D eigenvalue weighted by Gasteiger charge is 2.03. The zero-order chi connectivity index (χ0) is 7.28. The molecule has 0 radical (unpaired) electrons. The van der Waals surface area contributed by atoms with E-state index in [1.54, 1.807) is 0 Å². The molecule has 0 heterocycles. The van der Waals surface area contributed by atoms with E-state index in [0.717, 1.165) is 0 Å². The van der Waals surface area contributed by atoms with Crippen molar-refractivity contribution in [1.82, 2.24) is 0 Å². The zero-order valence-corrected chi connectivity index (χ0v) is 5.81. The van der Waals surface area contributed by atoms with Gasteiger partial charge in [0.05, 0.1) is 10.8 Å². The Morgan fingerprint density at radius 3 is 2.67 bits per heavy atom. The lowest BCUT2D eigenvalue weighted by Gasteiger charge is -1.93. The quantitative estimate of drug-likeness (QED) is 0.585. The molecule has 0 aliphatic carbocycles. The van der Waals surface area contributed by atoms with Gasteiger partial charge in [0.25, 0.3) is 0 Å². The molecule has 0 spiro atoms. The molecular weight excluding hydrogens is 144 g/mol. The molecule has 0 aromatic heterocycles. The predicted octanol–water partition coefficient (Wildman–Crippen LogP) is -0.576. The van der Waals surface area contributed by atoms with Crippen LogP contribution in [0.25, 0.3) is 0 Å². The number of rotatable bonds is 4. The predicted molar refractivity (Wildman–Crippen MR) is 32.5 cm³/mol. The van der Waals surface area contributed by atoms with Crippen LogP contribution in [0.3, 0.4) is 0 Å². The van der Waals surface area contributed by atoms with E-state index in [1.165, 1.54) is 7.11 Å². The summed E-state index contributed by atoms with van der Waals surface area (Å²) in [6.45, 7) is 0. The van der Waals surface area contributed by atoms with Gasteiger partial charge in [-0.2, -0.15) is 0 Å². The molecule has 5 heteroatoms. The van der Waals surface area contributed by atoms with E-state index < -0.39 is 16.8 Å². The third kappa shape index (κ3) is 5.45. The summed E-state index contributed by atoms with van der Waals surface area (Å²) in [5, 5.41) is 8.06. The van der Waals surface area contributed by atoms with Crippen molar-refractivity contribution in [2.75, 3.05) is 18.8 Å². The van der Waals surface area contributed by atoms with Crippen LogP contribution in [0, 0.1) is 0 Å². The molecule has 1 N–H and O–H groups in total. The Morgan fingerprint density at radius 1 is 1.78 bits per heavy atom. The van der Waals surface area contributed by atoms with Crippen LogP contribution >= 0.6 is 0 Å². The van der Waals surface area contributed by atoms with Gasteiger partial charge in [-0.05, 0) is 0 Å². The molecule has 1 atom stereocenters. The summed E-state index contributed by atoms with van der Waals surface area (Å²) in [5.41, 5.74) is 0. The average molecular weight is 152 g/mol. The zero-order valence-electron chi connectivity index (χ0n) is 4.99. The van der Waals surface area contributed by atoms with Crippen LogP contribution in [-0.2, 0) is 20.3 Å². The van der Waals surface area contributed by atoms with Gasteiger partial charge in [-0.3, -0.25) is 9.00 Å². The lowest BCUT2D eigenvalue weighted by molar-refractivity contribution is -0.134. The van der Waals surface area contributed by atoms with Crippen molar-refractivity contribution in [2.45, 2.75) is 0 Å². The first kappa shape index (κ1) is 8.58. The number of ether oxygens (including phenoxy) is 1. The van der Waals surface area contributed by atoms with Crippen LogP contribution in [0.1, 0.15) is 0 Å². The van der Waals surface area contributed by atoms with Gasteiger partial charge in [0.1, 0.15) is 11.7 Å². The molecule has 4 nitrogen and oxygen atoms in total. The molecular formula is C4H8O4S. The van der Waals surface area contributed by atoms with Gasteiger partial charge in [0, 0.05) is 7.11 Å². The molecule has 0 saturated carbocycles. The molecule has 0 saturated heterocycles. The Bertz CT molecular complexity index is 122. The van der Waals surface area contributed by atoms with Crippen molar-refractivity contribution in [1.29, 1.82) is 0 Å². The van der Waals surface area contributed by atoms with Crippen molar-refractivity contribution < 1.29 is 18.8 Å². The monoisotopic (exact) mass is 152 g/mol. The Hall–Kier alpha value is -0.420. The second-order valence-electron chi connectivity index (χ2n) is 1.38. The highest BCUT2D eigenvalue weighted by molar-refractivity contribution is 7.85. The van der Waals surface area contributed by atoms with E-state index in [-0.39, 0.29) is 11.7 Å². The van der Waals surface area contributed by atoms with Crippen molar-refractivity contribution in [3.05, 3.63) is 0 Å². The lowest BCUT2D eigenvalue weighted by Crippen LogP contribution is -2.12. The first-order valence-electron chi connectivity index (χ1n) is 2.22. The summed E-state index contributed by atoms with van der Waals surface area (Å²) >= 11 is 0. The second kappa shape index (κ2) is 4.46. The maximum absolute atomic E-state index is 10.5. The van der Waals surface area contributed by atoms with Crippen molar-refractivity contribution in [3.63, 3.8) is 0 Å². The van der Waals surface area contributed by atoms with Gasteiger partial charge in [0.2, 0.25) is 0 Å². The van der Waals surface area contributed by atoms with Crippen LogP contribution in [0.2, 0.25) is 0 Å². The Morgan fingerprint density at radius 2 is 2.33 bits per heavy atom. The van der Waals surface area contributed by atoms with E-state index in [1.807, 2.05) is 0 Å². The van der Waals surface area contributed by atoms with E-state index in [0.29, 0.717) is 0 Å². The summed E-state index contributed by atoms with van der Waals surface area (Å²) in [6, 6.07) is 0. The maximum Gasteiger partial charge on any atom is 0.316 e. The summed E-state index contributed by atoms with van der Waals surface area (Å²) in [4.78, 5) is 9.84. The molecule has 0 fully saturated rings. The number of hydrogen-bond donors (Lipinski definition) is 1. The smallest absolute Gasteiger partial charge is 0.316 e. The number of hydrogen-bond acceptors (Lipinski definition) is 3. The van der Waals surface area contributed by atoms with Crippen molar-refractivity contribution in [2.24, 2.45) is 0 Å². The van der Waals surface area contributed by atoms with E-state index in [9.17, 15) is 9.00 Å². The fraction of sp³-hybridized carbons (Fsp3) is 0.750. The van der Waals surface area contributed by atoms with Crippen LogP contribution in [-0.4, -0.2) is 34.1 Å².